The normalized spacial score (nSPS) is 20.2. The van der Waals surface area contributed by atoms with E-state index in [4.69, 9.17) is 9.15 Å². The lowest BCUT2D eigenvalue weighted by Crippen LogP contribution is -2.38. The molecule has 0 saturated heterocycles. The molecule has 1 aliphatic heterocycles. The highest BCUT2D eigenvalue weighted by Crippen LogP contribution is 2.46. The van der Waals surface area contributed by atoms with Gasteiger partial charge >= 0.3 is 0 Å². The predicted octanol–water partition coefficient (Wildman–Crippen LogP) is 5.35. The van der Waals surface area contributed by atoms with Crippen LogP contribution in [0.1, 0.15) is 41.9 Å². The highest BCUT2D eigenvalue weighted by atomic mass is 16.5. The Morgan fingerprint density at radius 3 is 2.56 bits per heavy atom. The van der Waals surface area contributed by atoms with E-state index in [2.05, 4.69) is 12.2 Å². The zero-order chi connectivity index (χ0) is 22.2. The number of hydrogen-bond acceptors (Lipinski definition) is 5. The van der Waals surface area contributed by atoms with Gasteiger partial charge in [-0.25, -0.2) is 0 Å². The standard InChI is InChI=1S/C26H24N2O4/c1-16-14-20-24(22(29)15-16)25(23-8-5-13-32-23)28(21-7-4-3-6-19(21)27-20)26(30)17-9-11-18(31-2)12-10-17/h3-13,16,25,27H,14-15H2,1-2H3. The average Bonchev–Trinajstić information content (AvgIpc) is 3.28. The molecule has 0 saturated carbocycles. The highest BCUT2D eigenvalue weighted by molar-refractivity contribution is 6.11. The first kappa shape index (κ1) is 20.1. The zero-order valence-electron chi connectivity index (χ0n) is 18.0. The van der Waals surface area contributed by atoms with Crippen molar-refractivity contribution >= 4 is 23.1 Å². The second-order valence-corrected chi connectivity index (χ2v) is 8.29. The summed E-state index contributed by atoms with van der Waals surface area (Å²) >= 11 is 0. The number of rotatable bonds is 3. The zero-order valence-corrected chi connectivity index (χ0v) is 18.0. The quantitative estimate of drug-likeness (QED) is 0.608. The van der Waals surface area contributed by atoms with Crippen LogP contribution in [0, 0.1) is 5.92 Å². The van der Waals surface area contributed by atoms with Gasteiger partial charge < -0.3 is 14.5 Å². The number of allylic oxidation sites excluding steroid dienone is 1. The van der Waals surface area contributed by atoms with Gasteiger partial charge in [0, 0.05) is 23.3 Å². The molecule has 6 nitrogen and oxygen atoms in total. The number of nitrogens with zero attached hydrogens (tertiary/aromatic N) is 1. The van der Waals surface area contributed by atoms with Crippen LogP contribution < -0.4 is 15.0 Å². The highest BCUT2D eigenvalue weighted by Gasteiger charge is 2.42. The maximum Gasteiger partial charge on any atom is 0.259 e. The summed E-state index contributed by atoms with van der Waals surface area (Å²) in [5, 5.41) is 3.47. The number of benzene rings is 2. The smallest absolute Gasteiger partial charge is 0.259 e. The number of amides is 1. The van der Waals surface area contributed by atoms with Crippen LogP contribution in [0.2, 0.25) is 0 Å². The Kier molecular flexibility index (Phi) is 5.05. The van der Waals surface area contributed by atoms with Crippen molar-refractivity contribution in [2.24, 2.45) is 5.92 Å². The minimum Gasteiger partial charge on any atom is -0.497 e. The van der Waals surface area contributed by atoms with Gasteiger partial charge in [-0.1, -0.05) is 19.1 Å². The summed E-state index contributed by atoms with van der Waals surface area (Å²) in [7, 11) is 1.59. The van der Waals surface area contributed by atoms with E-state index in [1.807, 2.05) is 30.3 Å². The second kappa shape index (κ2) is 8.04. The summed E-state index contributed by atoms with van der Waals surface area (Å²) in [5.41, 5.74) is 3.43. The molecule has 1 aromatic heterocycles. The lowest BCUT2D eigenvalue weighted by atomic mass is 9.83. The summed E-state index contributed by atoms with van der Waals surface area (Å²) < 4.78 is 11.0. The number of anilines is 2. The number of nitrogens with one attached hydrogen (secondary N) is 1. The van der Waals surface area contributed by atoms with E-state index in [0.29, 0.717) is 34.8 Å². The largest absolute Gasteiger partial charge is 0.497 e. The maximum atomic E-state index is 13.9. The molecule has 32 heavy (non-hydrogen) atoms. The minimum absolute atomic E-state index is 0.0352. The molecule has 3 aromatic rings. The van der Waals surface area contributed by atoms with Crippen LogP contribution in [0.5, 0.6) is 5.75 Å². The second-order valence-electron chi connectivity index (χ2n) is 8.29. The monoisotopic (exact) mass is 428 g/mol. The number of carbonyl (C=O) groups excluding carboxylic acids is 2. The van der Waals surface area contributed by atoms with Crippen molar-refractivity contribution in [2.45, 2.75) is 25.8 Å². The topological polar surface area (TPSA) is 71.8 Å². The Morgan fingerprint density at radius 1 is 1.06 bits per heavy atom. The summed E-state index contributed by atoms with van der Waals surface area (Å²) in [5.74, 6) is 1.27. The van der Waals surface area contributed by atoms with E-state index >= 15 is 0 Å². The molecule has 0 radical (unpaired) electrons. The van der Waals surface area contributed by atoms with Gasteiger partial charge in [-0.2, -0.15) is 0 Å². The van der Waals surface area contributed by atoms with Gasteiger partial charge in [0.25, 0.3) is 5.91 Å². The van der Waals surface area contributed by atoms with E-state index in [0.717, 1.165) is 17.8 Å². The first-order valence-electron chi connectivity index (χ1n) is 10.7. The van der Waals surface area contributed by atoms with E-state index < -0.39 is 6.04 Å². The molecule has 2 aromatic carbocycles. The van der Waals surface area contributed by atoms with Crippen molar-refractivity contribution in [3.8, 4) is 5.75 Å². The molecule has 1 aliphatic carbocycles. The first-order valence-corrected chi connectivity index (χ1v) is 10.7. The number of methoxy groups -OCH3 is 1. The van der Waals surface area contributed by atoms with Gasteiger partial charge in [0.2, 0.25) is 0 Å². The number of furan rings is 1. The molecule has 2 heterocycles. The molecular formula is C26H24N2O4. The number of para-hydroxylation sites is 2. The van der Waals surface area contributed by atoms with Gasteiger partial charge in [-0.05, 0) is 60.9 Å². The van der Waals surface area contributed by atoms with Crippen molar-refractivity contribution in [1.82, 2.24) is 0 Å². The Morgan fingerprint density at radius 2 is 1.84 bits per heavy atom. The SMILES string of the molecule is COc1ccc(C(=O)N2c3ccccc3NC3=C(C(=O)CC(C)C3)C2c2ccco2)cc1. The van der Waals surface area contributed by atoms with Crippen LogP contribution >= 0.6 is 0 Å². The van der Waals surface area contributed by atoms with Crippen LogP contribution in [0.25, 0.3) is 0 Å². The van der Waals surface area contributed by atoms with E-state index in [1.54, 1.807) is 48.6 Å². The number of hydrogen-bond donors (Lipinski definition) is 1. The van der Waals surface area contributed by atoms with Crippen molar-refractivity contribution in [3.63, 3.8) is 0 Å². The molecule has 162 valence electrons. The van der Waals surface area contributed by atoms with Crippen LogP contribution in [0.15, 0.2) is 82.6 Å². The van der Waals surface area contributed by atoms with Gasteiger partial charge in [-0.15, -0.1) is 0 Å². The average molecular weight is 428 g/mol. The third kappa shape index (κ3) is 3.38. The van der Waals surface area contributed by atoms with Crippen molar-refractivity contribution in [2.75, 3.05) is 17.3 Å². The first-order chi connectivity index (χ1) is 15.6. The van der Waals surface area contributed by atoms with Crippen molar-refractivity contribution in [3.05, 3.63) is 89.5 Å². The molecule has 6 heteroatoms. The molecular weight excluding hydrogens is 404 g/mol. The molecule has 2 aliphatic rings. The molecule has 2 atom stereocenters. The summed E-state index contributed by atoms with van der Waals surface area (Å²) in [6, 6.07) is 17.6. The van der Waals surface area contributed by atoms with Crippen molar-refractivity contribution < 1.29 is 18.7 Å². The van der Waals surface area contributed by atoms with Gasteiger partial charge in [0.1, 0.15) is 17.6 Å². The number of Topliss-reactive ketones (excluding diaryl/α,β-unsaturated/α-hetero) is 1. The Labute approximate surface area is 186 Å². The molecule has 2 unspecified atom stereocenters. The Hall–Kier alpha value is -3.80. The predicted molar refractivity (Wildman–Crippen MR) is 122 cm³/mol. The molecule has 1 N–H and O–H groups in total. The fourth-order valence-electron chi connectivity index (χ4n) is 4.60. The van der Waals surface area contributed by atoms with Gasteiger partial charge in [-0.3, -0.25) is 14.5 Å². The summed E-state index contributed by atoms with van der Waals surface area (Å²) in [6.45, 7) is 2.07. The van der Waals surface area contributed by atoms with Crippen LogP contribution in [0.3, 0.4) is 0 Å². The van der Waals surface area contributed by atoms with Gasteiger partial charge in [0.15, 0.2) is 5.78 Å². The summed E-state index contributed by atoms with van der Waals surface area (Å²) in [4.78, 5) is 29.0. The fraction of sp³-hybridized carbons (Fsp3) is 0.231. The Bertz CT molecular complexity index is 1190. The maximum absolute atomic E-state index is 13.9. The third-order valence-electron chi connectivity index (χ3n) is 6.06. The van der Waals surface area contributed by atoms with E-state index in [9.17, 15) is 9.59 Å². The summed E-state index contributed by atoms with van der Waals surface area (Å²) in [6.07, 6.45) is 2.75. The number of fused-ring (bicyclic) bond motifs is 1. The molecule has 0 fully saturated rings. The number of ether oxygens (including phenoxy) is 1. The van der Waals surface area contributed by atoms with Crippen LogP contribution in [0.4, 0.5) is 11.4 Å². The molecule has 1 amide bonds. The van der Waals surface area contributed by atoms with Crippen molar-refractivity contribution in [1.29, 1.82) is 0 Å². The number of carbonyl (C=O) groups is 2. The Balaban J connectivity index is 1.73. The van der Waals surface area contributed by atoms with Crippen LogP contribution in [-0.2, 0) is 4.79 Å². The van der Waals surface area contributed by atoms with Gasteiger partial charge in [0.05, 0.1) is 24.7 Å². The molecule has 5 rings (SSSR count). The minimum atomic E-state index is -0.661. The molecule has 0 bridgehead atoms. The molecule has 0 spiro atoms. The number of ketones is 1. The lowest BCUT2D eigenvalue weighted by Gasteiger charge is -2.33. The van der Waals surface area contributed by atoms with Crippen LogP contribution in [-0.4, -0.2) is 18.8 Å². The van der Waals surface area contributed by atoms with E-state index in [1.165, 1.54) is 0 Å². The third-order valence-corrected chi connectivity index (χ3v) is 6.06. The fourth-order valence-corrected chi connectivity index (χ4v) is 4.60. The lowest BCUT2D eigenvalue weighted by molar-refractivity contribution is -0.117. The van der Waals surface area contributed by atoms with E-state index in [-0.39, 0.29) is 17.6 Å².